The van der Waals surface area contributed by atoms with Gasteiger partial charge in [-0.25, -0.2) is 0 Å². The van der Waals surface area contributed by atoms with E-state index in [0.717, 1.165) is 0 Å². The number of nitrogens with two attached hydrogens (primary N) is 2. The molecule has 22 heavy (non-hydrogen) atoms. The molecule has 0 bridgehead atoms. The summed E-state index contributed by atoms with van der Waals surface area (Å²) in [5.41, 5.74) is 10.2. The highest BCUT2D eigenvalue weighted by molar-refractivity contribution is 5.92. The number of primary amides is 1. The average Bonchev–Trinajstić information content (AvgIpc) is 2.41. The van der Waals surface area contributed by atoms with Crippen LogP contribution in [0.4, 0.5) is 0 Å². The van der Waals surface area contributed by atoms with Crippen molar-refractivity contribution >= 4 is 29.6 Å². The smallest absolute Gasteiger partial charge is 0.325 e. The molecule has 0 saturated carbocycles. The van der Waals surface area contributed by atoms with Gasteiger partial charge in [0.2, 0.25) is 23.6 Å². The van der Waals surface area contributed by atoms with Crippen molar-refractivity contribution in [3.63, 3.8) is 0 Å². The highest BCUT2D eigenvalue weighted by atomic mass is 16.4. The van der Waals surface area contributed by atoms with Crippen LogP contribution in [0, 0.1) is 0 Å². The molecule has 0 fully saturated rings. The Kier molecular flexibility index (Phi) is 8.15. The highest BCUT2D eigenvalue weighted by Gasteiger charge is 2.17. The van der Waals surface area contributed by atoms with Crippen molar-refractivity contribution in [2.24, 2.45) is 11.5 Å². The molecule has 11 nitrogen and oxygen atoms in total. The zero-order chi connectivity index (χ0) is 17.3. The Morgan fingerprint density at radius 1 is 1.05 bits per heavy atom. The van der Waals surface area contributed by atoms with E-state index in [4.69, 9.17) is 16.6 Å². The van der Waals surface area contributed by atoms with E-state index in [9.17, 15) is 24.0 Å². The topological polar surface area (TPSA) is 194 Å². The minimum Gasteiger partial charge on any atom is -0.480 e. The fraction of sp³-hybridized carbons (Fsp3) is 0.545. The molecule has 0 aromatic heterocycles. The molecule has 0 radical (unpaired) electrons. The summed E-state index contributed by atoms with van der Waals surface area (Å²) < 4.78 is 0. The molecule has 4 amide bonds. The average molecular weight is 317 g/mol. The summed E-state index contributed by atoms with van der Waals surface area (Å²) in [6, 6.07) is -2.25. The van der Waals surface area contributed by atoms with Gasteiger partial charge in [-0.2, -0.15) is 0 Å². The first-order chi connectivity index (χ1) is 10.1. The van der Waals surface area contributed by atoms with Crippen molar-refractivity contribution in [1.82, 2.24) is 16.0 Å². The van der Waals surface area contributed by atoms with E-state index < -0.39 is 54.8 Å². The molecule has 2 unspecified atom stereocenters. The lowest BCUT2D eigenvalue weighted by atomic mass is 10.2. The molecule has 0 aliphatic rings. The number of nitrogens with one attached hydrogen (secondary N) is 3. The van der Waals surface area contributed by atoms with E-state index >= 15 is 0 Å². The number of carbonyl (C=O) groups excluding carboxylic acids is 4. The van der Waals surface area contributed by atoms with Gasteiger partial charge >= 0.3 is 5.97 Å². The third-order valence-electron chi connectivity index (χ3n) is 2.38. The zero-order valence-corrected chi connectivity index (χ0v) is 11.9. The summed E-state index contributed by atoms with van der Waals surface area (Å²) >= 11 is 0. The Hall–Kier alpha value is -2.69. The standard InChI is InChI=1S/C11H19N5O6/c1-5(11(21)22)16-9(19)4-14-8(18)3-15-10(20)6(12)2-7(13)17/h5-6H,2-4,12H2,1H3,(H2,13,17)(H,14,18)(H,15,20)(H,16,19)(H,21,22). The van der Waals surface area contributed by atoms with Crippen molar-refractivity contribution in [3.8, 4) is 0 Å². The van der Waals surface area contributed by atoms with Gasteiger partial charge in [0.05, 0.1) is 25.6 Å². The van der Waals surface area contributed by atoms with Crippen LogP contribution < -0.4 is 27.4 Å². The van der Waals surface area contributed by atoms with Crippen LogP contribution in [0.2, 0.25) is 0 Å². The van der Waals surface area contributed by atoms with Crippen molar-refractivity contribution in [3.05, 3.63) is 0 Å². The van der Waals surface area contributed by atoms with Gasteiger partial charge < -0.3 is 32.5 Å². The molecule has 0 aliphatic heterocycles. The van der Waals surface area contributed by atoms with Gasteiger partial charge in [0.15, 0.2) is 0 Å². The minimum atomic E-state index is -1.21. The van der Waals surface area contributed by atoms with Crippen molar-refractivity contribution in [1.29, 1.82) is 0 Å². The van der Waals surface area contributed by atoms with Crippen LogP contribution in [0.3, 0.4) is 0 Å². The number of aliphatic carboxylic acids is 1. The number of carbonyl (C=O) groups is 5. The zero-order valence-electron chi connectivity index (χ0n) is 11.9. The largest absolute Gasteiger partial charge is 0.480 e. The molecular formula is C11H19N5O6. The molecule has 0 heterocycles. The van der Waals surface area contributed by atoms with Crippen molar-refractivity contribution in [2.45, 2.75) is 25.4 Å². The summed E-state index contributed by atoms with van der Waals surface area (Å²) in [4.78, 5) is 55.1. The van der Waals surface area contributed by atoms with Crippen LogP contribution in [-0.2, 0) is 24.0 Å². The van der Waals surface area contributed by atoms with Crippen LogP contribution >= 0.6 is 0 Å². The number of carboxylic acids is 1. The van der Waals surface area contributed by atoms with E-state index in [1.165, 1.54) is 6.92 Å². The SMILES string of the molecule is CC(NC(=O)CNC(=O)CNC(=O)C(N)CC(N)=O)C(=O)O. The van der Waals surface area contributed by atoms with Crippen LogP contribution in [-0.4, -0.2) is 59.9 Å². The summed E-state index contributed by atoms with van der Waals surface area (Å²) in [5, 5.41) is 15.0. The number of carboxylic acid groups (broad SMARTS) is 1. The van der Waals surface area contributed by atoms with Gasteiger partial charge in [0.1, 0.15) is 6.04 Å². The first-order valence-electron chi connectivity index (χ1n) is 6.24. The first-order valence-corrected chi connectivity index (χ1v) is 6.24. The first kappa shape index (κ1) is 19.3. The second-order valence-electron chi connectivity index (χ2n) is 4.40. The lowest BCUT2D eigenvalue weighted by Gasteiger charge is -2.12. The van der Waals surface area contributed by atoms with Gasteiger partial charge in [-0.3, -0.25) is 24.0 Å². The van der Waals surface area contributed by atoms with E-state index in [1.54, 1.807) is 0 Å². The third-order valence-corrected chi connectivity index (χ3v) is 2.38. The summed E-state index contributed by atoms with van der Waals surface area (Å²) in [7, 11) is 0. The maximum atomic E-state index is 11.4. The molecule has 0 aromatic carbocycles. The fourth-order valence-corrected chi connectivity index (χ4v) is 1.20. The summed E-state index contributed by atoms with van der Waals surface area (Å²) in [6.07, 6.45) is -0.358. The van der Waals surface area contributed by atoms with Crippen molar-refractivity contribution < 1.29 is 29.1 Å². The van der Waals surface area contributed by atoms with Crippen LogP contribution in [0.15, 0.2) is 0 Å². The Balaban J connectivity index is 4.00. The Bertz CT molecular complexity index is 466. The predicted molar refractivity (Wildman–Crippen MR) is 73.0 cm³/mol. The minimum absolute atomic E-state index is 0.358. The molecule has 124 valence electrons. The van der Waals surface area contributed by atoms with E-state index in [-0.39, 0.29) is 6.42 Å². The Morgan fingerprint density at radius 2 is 1.59 bits per heavy atom. The van der Waals surface area contributed by atoms with E-state index in [2.05, 4.69) is 16.0 Å². The number of hydrogen-bond donors (Lipinski definition) is 6. The van der Waals surface area contributed by atoms with Gasteiger partial charge in [0.25, 0.3) is 0 Å². The lowest BCUT2D eigenvalue weighted by Crippen LogP contribution is -2.48. The molecule has 8 N–H and O–H groups in total. The molecule has 0 spiro atoms. The molecule has 11 heteroatoms. The van der Waals surface area contributed by atoms with Crippen LogP contribution in [0.5, 0.6) is 0 Å². The molecular weight excluding hydrogens is 298 g/mol. The predicted octanol–water partition coefficient (Wildman–Crippen LogP) is -3.99. The molecule has 0 aliphatic carbocycles. The second kappa shape index (κ2) is 9.28. The number of hydrogen-bond acceptors (Lipinski definition) is 6. The van der Waals surface area contributed by atoms with Crippen molar-refractivity contribution in [2.75, 3.05) is 13.1 Å². The van der Waals surface area contributed by atoms with Crippen LogP contribution in [0.25, 0.3) is 0 Å². The molecule has 0 aromatic rings. The Morgan fingerprint density at radius 3 is 2.09 bits per heavy atom. The van der Waals surface area contributed by atoms with E-state index in [1.807, 2.05) is 0 Å². The third kappa shape index (κ3) is 8.47. The van der Waals surface area contributed by atoms with Gasteiger partial charge in [-0.1, -0.05) is 0 Å². The lowest BCUT2D eigenvalue weighted by molar-refractivity contribution is -0.141. The maximum absolute atomic E-state index is 11.4. The maximum Gasteiger partial charge on any atom is 0.325 e. The summed E-state index contributed by atoms with van der Waals surface area (Å²) in [6.45, 7) is 0.370. The quantitative estimate of drug-likeness (QED) is 0.249. The van der Waals surface area contributed by atoms with Gasteiger partial charge in [-0.05, 0) is 6.92 Å². The second-order valence-corrected chi connectivity index (χ2v) is 4.40. The monoisotopic (exact) mass is 317 g/mol. The molecule has 0 saturated heterocycles. The number of amides is 4. The van der Waals surface area contributed by atoms with Crippen LogP contribution in [0.1, 0.15) is 13.3 Å². The van der Waals surface area contributed by atoms with Gasteiger partial charge in [-0.15, -0.1) is 0 Å². The Labute approximate surface area is 125 Å². The summed E-state index contributed by atoms with van der Waals surface area (Å²) in [5.74, 6) is -4.08. The molecule has 0 rings (SSSR count). The van der Waals surface area contributed by atoms with Gasteiger partial charge in [0, 0.05) is 0 Å². The number of rotatable bonds is 9. The highest BCUT2D eigenvalue weighted by Crippen LogP contribution is 1.86. The fourth-order valence-electron chi connectivity index (χ4n) is 1.20. The molecule has 2 atom stereocenters. The van der Waals surface area contributed by atoms with E-state index in [0.29, 0.717) is 0 Å². The normalized spacial score (nSPS) is 12.6.